The maximum Gasteiger partial charge on any atom is 0.249 e. The van der Waals surface area contributed by atoms with Crippen molar-refractivity contribution in [2.75, 3.05) is 20.3 Å². The summed E-state index contributed by atoms with van der Waals surface area (Å²) in [5.74, 6) is -0.409. The van der Waals surface area contributed by atoms with Crippen molar-refractivity contribution in [3.63, 3.8) is 0 Å². The average Bonchev–Trinajstić information content (AvgIpc) is 3.25. The summed E-state index contributed by atoms with van der Waals surface area (Å²) in [7, 11) is 1.68. The first kappa shape index (κ1) is 17.2. The largest absolute Gasteiger partial charge is 0.382 e. The minimum Gasteiger partial charge on any atom is -0.382 e. The van der Waals surface area contributed by atoms with Crippen LogP contribution in [0, 0.1) is 0 Å². The molecule has 0 saturated heterocycles. The number of nitrogens with two attached hydrogens (primary N) is 1. The minimum absolute atomic E-state index is 0.271. The Morgan fingerprint density at radius 1 is 1.38 bits per heavy atom. The molecule has 0 aliphatic heterocycles. The number of ether oxygens (including phenoxy) is 2. The number of benzene rings is 1. The summed E-state index contributed by atoms with van der Waals surface area (Å²) >= 11 is 1.55. The van der Waals surface area contributed by atoms with Crippen LogP contribution >= 0.6 is 11.3 Å². The van der Waals surface area contributed by atoms with Crippen molar-refractivity contribution >= 4 is 28.1 Å². The first-order valence-corrected chi connectivity index (χ1v) is 9.49. The number of fused-ring (bicyclic) bond motifs is 1. The van der Waals surface area contributed by atoms with E-state index in [1.54, 1.807) is 24.0 Å². The molecule has 2 N–H and O–H groups in total. The fourth-order valence-electron chi connectivity index (χ4n) is 3.48. The van der Waals surface area contributed by atoms with Gasteiger partial charge in [0.15, 0.2) is 0 Å². The van der Waals surface area contributed by atoms with Crippen LogP contribution in [-0.4, -0.2) is 41.9 Å². The van der Waals surface area contributed by atoms with Gasteiger partial charge in [-0.05, 0) is 36.6 Å². The van der Waals surface area contributed by atoms with Crippen molar-refractivity contribution in [1.82, 2.24) is 9.55 Å². The van der Waals surface area contributed by atoms with E-state index in [1.807, 2.05) is 24.5 Å². The number of carbonyl (C=O) groups excluding carboxylic acids is 1. The van der Waals surface area contributed by atoms with Gasteiger partial charge < -0.3 is 19.8 Å². The molecule has 0 bridgehead atoms. The molecule has 1 amide bonds. The predicted octanol–water partition coefficient (Wildman–Crippen LogP) is 3.23. The van der Waals surface area contributed by atoms with E-state index in [4.69, 9.17) is 15.2 Å². The Morgan fingerprint density at radius 3 is 2.92 bits per heavy atom. The summed E-state index contributed by atoms with van der Waals surface area (Å²) in [6.45, 7) is 1.25. The molecule has 2 aromatic heterocycles. The summed E-state index contributed by atoms with van der Waals surface area (Å²) in [5.41, 5.74) is 9.98. The lowest BCUT2D eigenvalue weighted by atomic mass is 9.88. The Balaban J connectivity index is 1.64. The van der Waals surface area contributed by atoms with E-state index in [0.29, 0.717) is 24.8 Å². The van der Waals surface area contributed by atoms with Crippen molar-refractivity contribution in [2.24, 2.45) is 5.73 Å². The molecule has 2 heterocycles. The quantitative estimate of drug-likeness (QED) is 0.647. The predicted molar refractivity (Wildman–Crippen MR) is 101 cm³/mol. The Bertz CT molecular complexity index is 914. The van der Waals surface area contributed by atoms with Crippen LogP contribution in [0.3, 0.4) is 0 Å². The van der Waals surface area contributed by atoms with E-state index in [2.05, 4.69) is 15.6 Å². The summed E-state index contributed by atoms with van der Waals surface area (Å²) in [6.07, 6.45) is 6.05. The molecule has 4 rings (SSSR count). The fourth-order valence-corrected chi connectivity index (χ4v) is 4.09. The maximum absolute atomic E-state index is 12.0. The van der Waals surface area contributed by atoms with E-state index >= 15 is 0 Å². The number of nitrogens with zero attached hydrogens (tertiary/aromatic N) is 2. The average molecular weight is 371 g/mol. The summed E-state index contributed by atoms with van der Waals surface area (Å²) < 4.78 is 13.0. The third-order valence-electron chi connectivity index (χ3n) is 4.92. The molecule has 136 valence electrons. The first-order chi connectivity index (χ1) is 12.7. The van der Waals surface area contributed by atoms with Gasteiger partial charge in [-0.25, -0.2) is 0 Å². The summed E-state index contributed by atoms with van der Waals surface area (Å²) in [4.78, 5) is 17.1. The molecule has 3 aromatic rings. The van der Waals surface area contributed by atoms with Crippen LogP contribution in [0.4, 0.5) is 0 Å². The van der Waals surface area contributed by atoms with E-state index in [-0.39, 0.29) is 6.10 Å². The Labute approximate surface area is 155 Å². The number of rotatable bonds is 7. The van der Waals surface area contributed by atoms with Crippen LogP contribution in [0.25, 0.3) is 21.3 Å². The van der Waals surface area contributed by atoms with Gasteiger partial charge >= 0.3 is 0 Å². The third-order valence-corrected chi connectivity index (χ3v) is 5.75. The number of hydrogen-bond acceptors (Lipinski definition) is 5. The van der Waals surface area contributed by atoms with Gasteiger partial charge in [-0.3, -0.25) is 9.78 Å². The zero-order valence-electron chi connectivity index (χ0n) is 14.6. The second-order valence-electron chi connectivity index (χ2n) is 6.52. The standard InChI is InChI=1S/C19H21N3O3S/c1-24-4-5-25-14-8-13(9-14)22-3-2-15-16(19(20)23)6-12(7-17(15)22)18-10-21-11-26-18/h2-3,6-7,10-11,13-14H,4-5,8-9H2,1H3,(H2,20,23). The third kappa shape index (κ3) is 3.13. The van der Waals surface area contributed by atoms with Crippen LogP contribution in [0.15, 0.2) is 36.1 Å². The number of primary amides is 1. The van der Waals surface area contributed by atoms with Gasteiger partial charge in [0.1, 0.15) is 0 Å². The van der Waals surface area contributed by atoms with Crippen LogP contribution in [0.5, 0.6) is 0 Å². The highest BCUT2D eigenvalue weighted by molar-refractivity contribution is 7.13. The zero-order chi connectivity index (χ0) is 18.1. The second-order valence-corrected chi connectivity index (χ2v) is 7.41. The van der Waals surface area contributed by atoms with Crippen LogP contribution in [0.2, 0.25) is 0 Å². The monoisotopic (exact) mass is 371 g/mol. The van der Waals surface area contributed by atoms with Gasteiger partial charge in [0.25, 0.3) is 0 Å². The lowest BCUT2D eigenvalue weighted by molar-refractivity contribution is -0.0426. The molecule has 0 unspecified atom stereocenters. The van der Waals surface area contributed by atoms with E-state index in [9.17, 15) is 4.79 Å². The van der Waals surface area contributed by atoms with Crippen LogP contribution in [-0.2, 0) is 9.47 Å². The number of thiazole rings is 1. The second kappa shape index (κ2) is 7.19. The van der Waals surface area contributed by atoms with Gasteiger partial charge in [-0.1, -0.05) is 0 Å². The van der Waals surface area contributed by atoms with Crippen molar-refractivity contribution in [3.05, 3.63) is 41.7 Å². The summed E-state index contributed by atoms with van der Waals surface area (Å²) in [5, 5.41) is 0.898. The van der Waals surface area contributed by atoms with E-state index in [0.717, 1.165) is 34.2 Å². The SMILES string of the molecule is COCCOC1CC(n2ccc3c(C(N)=O)cc(-c4cncs4)cc32)C1. The van der Waals surface area contributed by atoms with Crippen molar-refractivity contribution in [1.29, 1.82) is 0 Å². The van der Waals surface area contributed by atoms with E-state index in [1.165, 1.54) is 0 Å². The molecule has 0 radical (unpaired) electrons. The van der Waals surface area contributed by atoms with Crippen molar-refractivity contribution in [2.45, 2.75) is 25.0 Å². The fraction of sp³-hybridized carbons (Fsp3) is 0.368. The number of methoxy groups -OCH3 is 1. The first-order valence-electron chi connectivity index (χ1n) is 8.61. The van der Waals surface area contributed by atoms with Gasteiger partial charge in [-0.15, -0.1) is 11.3 Å². The van der Waals surface area contributed by atoms with Crippen molar-refractivity contribution < 1.29 is 14.3 Å². The number of aromatic nitrogens is 2. The van der Waals surface area contributed by atoms with Gasteiger partial charge in [-0.2, -0.15) is 0 Å². The number of amides is 1. The normalized spacial score (nSPS) is 19.6. The van der Waals surface area contributed by atoms with Crippen molar-refractivity contribution in [3.8, 4) is 10.4 Å². The number of carbonyl (C=O) groups is 1. The highest BCUT2D eigenvalue weighted by Gasteiger charge is 2.32. The topological polar surface area (TPSA) is 79.4 Å². The molecular formula is C19H21N3O3S. The highest BCUT2D eigenvalue weighted by atomic mass is 32.1. The molecule has 1 aliphatic carbocycles. The Kier molecular flexibility index (Phi) is 4.76. The molecule has 1 aromatic carbocycles. The zero-order valence-corrected chi connectivity index (χ0v) is 15.4. The van der Waals surface area contributed by atoms with Gasteiger partial charge in [0.05, 0.1) is 29.7 Å². The van der Waals surface area contributed by atoms with Gasteiger partial charge in [0, 0.05) is 42.0 Å². The molecule has 6 nitrogen and oxygen atoms in total. The Morgan fingerprint density at radius 2 is 2.23 bits per heavy atom. The molecule has 7 heteroatoms. The van der Waals surface area contributed by atoms with Crippen LogP contribution in [0.1, 0.15) is 29.2 Å². The molecule has 26 heavy (non-hydrogen) atoms. The van der Waals surface area contributed by atoms with Crippen LogP contribution < -0.4 is 5.73 Å². The number of hydrogen-bond donors (Lipinski definition) is 1. The Hall–Kier alpha value is -2.22. The molecule has 1 saturated carbocycles. The molecule has 1 fully saturated rings. The molecule has 0 spiro atoms. The molecule has 0 atom stereocenters. The summed E-state index contributed by atoms with van der Waals surface area (Å²) in [6, 6.07) is 6.33. The minimum atomic E-state index is -0.409. The lowest BCUT2D eigenvalue weighted by Gasteiger charge is -2.36. The van der Waals surface area contributed by atoms with Gasteiger partial charge in [0.2, 0.25) is 5.91 Å². The molecular weight excluding hydrogens is 350 g/mol. The lowest BCUT2D eigenvalue weighted by Crippen LogP contribution is -2.33. The highest BCUT2D eigenvalue weighted by Crippen LogP contribution is 2.39. The smallest absolute Gasteiger partial charge is 0.249 e. The molecule has 1 aliphatic rings. The van der Waals surface area contributed by atoms with E-state index < -0.39 is 5.91 Å². The maximum atomic E-state index is 12.0.